The lowest BCUT2D eigenvalue weighted by molar-refractivity contribution is -0.124. The van der Waals surface area contributed by atoms with Crippen LogP contribution >= 0.6 is 24.0 Å². The van der Waals surface area contributed by atoms with Crippen molar-refractivity contribution in [2.75, 3.05) is 38.1 Å². The van der Waals surface area contributed by atoms with E-state index in [2.05, 4.69) is 22.9 Å². The van der Waals surface area contributed by atoms with Gasteiger partial charge >= 0.3 is 0 Å². The molecule has 4 rings (SSSR count). The number of hydrogen-bond acceptors (Lipinski definition) is 7. The molecule has 1 aliphatic carbocycles. The van der Waals surface area contributed by atoms with Gasteiger partial charge in [0.25, 0.3) is 11.5 Å². The van der Waals surface area contributed by atoms with Crippen molar-refractivity contribution in [3.8, 4) is 6.07 Å². The molecule has 3 aliphatic rings. The molecule has 0 N–H and O–H groups in total. The molecular formula is C24H31N5O2S2. The first-order chi connectivity index (χ1) is 15.9. The molecule has 0 bridgehead atoms. The van der Waals surface area contributed by atoms with Crippen molar-refractivity contribution in [3.05, 3.63) is 31.9 Å². The zero-order chi connectivity index (χ0) is 23.7. The van der Waals surface area contributed by atoms with Gasteiger partial charge in [-0.25, -0.2) is 0 Å². The molecule has 2 aliphatic heterocycles. The molecule has 1 amide bonds. The highest BCUT2D eigenvalue weighted by atomic mass is 32.2. The third-order valence-electron chi connectivity index (χ3n) is 7.00. The lowest BCUT2D eigenvalue weighted by atomic mass is 9.94. The van der Waals surface area contributed by atoms with E-state index in [0.29, 0.717) is 21.3 Å². The largest absolute Gasteiger partial charge is 0.355 e. The molecular weight excluding hydrogens is 454 g/mol. The third-order valence-corrected chi connectivity index (χ3v) is 8.33. The second-order valence-corrected chi connectivity index (χ2v) is 10.7. The Labute approximate surface area is 205 Å². The summed E-state index contributed by atoms with van der Waals surface area (Å²) >= 11 is 6.95. The average molecular weight is 486 g/mol. The Morgan fingerprint density at radius 3 is 2.42 bits per heavy atom. The van der Waals surface area contributed by atoms with E-state index in [9.17, 15) is 14.9 Å². The van der Waals surface area contributed by atoms with Gasteiger partial charge in [0.15, 0.2) is 0 Å². The molecule has 9 heteroatoms. The fourth-order valence-electron chi connectivity index (χ4n) is 5.06. The number of anilines is 1. The first-order valence-electron chi connectivity index (χ1n) is 11.7. The van der Waals surface area contributed by atoms with Crippen LogP contribution in [0, 0.1) is 18.3 Å². The van der Waals surface area contributed by atoms with Gasteiger partial charge in [0, 0.05) is 44.3 Å². The topological polar surface area (TPSA) is 72.6 Å². The zero-order valence-corrected chi connectivity index (χ0v) is 21.2. The number of nitriles is 1. The van der Waals surface area contributed by atoms with Crippen molar-refractivity contribution >= 4 is 46.1 Å². The van der Waals surface area contributed by atoms with E-state index in [1.54, 1.807) is 9.47 Å². The van der Waals surface area contributed by atoms with Crippen LogP contribution in [0.5, 0.6) is 0 Å². The van der Waals surface area contributed by atoms with Crippen LogP contribution < -0.4 is 10.5 Å². The van der Waals surface area contributed by atoms with Crippen LogP contribution in [-0.4, -0.2) is 63.9 Å². The van der Waals surface area contributed by atoms with Crippen LogP contribution in [0.4, 0.5) is 5.82 Å². The number of nitrogens with zero attached hydrogens (tertiary/aromatic N) is 5. The van der Waals surface area contributed by atoms with Gasteiger partial charge in [0.05, 0.1) is 4.91 Å². The smallest absolute Gasteiger partial charge is 0.270 e. The lowest BCUT2D eigenvalue weighted by Crippen LogP contribution is -2.47. The highest BCUT2D eigenvalue weighted by Gasteiger charge is 2.38. The fraction of sp³-hybridized carbons (Fsp3) is 0.583. The van der Waals surface area contributed by atoms with Crippen molar-refractivity contribution in [1.29, 1.82) is 5.26 Å². The number of pyridine rings is 1. The normalized spacial score (nSPS) is 21.8. The number of likely N-dealkylation sites (N-methyl/N-ethyl adjacent to an activating group) is 1. The molecule has 0 unspecified atom stereocenters. The van der Waals surface area contributed by atoms with Gasteiger partial charge in [-0.2, -0.15) is 5.26 Å². The summed E-state index contributed by atoms with van der Waals surface area (Å²) in [5.74, 6) is 0.753. The minimum atomic E-state index is -0.265. The molecule has 0 spiro atoms. The second kappa shape index (κ2) is 10.00. The van der Waals surface area contributed by atoms with E-state index >= 15 is 0 Å². The number of piperazine rings is 1. The molecule has 1 aromatic rings. The average Bonchev–Trinajstić information content (AvgIpc) is 3.09. The van der Waals surface area contributed by atoms with Gasteiger partial charge < -0.3 is 9.80 Å². The number of aromatic nitrogens is 1. The summed E-state index contributed by atoms with van der Waals surface area (Å²) < 4.78 is 2.30. The van der Waals surface area contributed by atoms with Gasteiger partial charge in [-0.15, -0.1) is 0 Å². The van der Waals surface area contributed by atoms with Crippen LogP contribution in [0.25, 0.3) is 6.08 Å². The van der Waals surface area contributed by atoms with E-state index < -0.39 is 0 Å². The Morgan fingerprint density at radius 1 is 1.15 bits per heavy atom. The Morgan fingerprint density at radius 2 is 1.82 bits per heavy atom. The molecule has 7 nitrogen and oxygen atoms in total. The molecule has 0 atom stereocenters. The quantitative estimate of drug-likeness (QED) is 0.478. The van der Waals surface area contributed by atoms with Gasteiger partial charge in [-0.3, -0.25) is 19.1 Å². The lowest BCUT2D eigenvalue weighted by Gasteiger charge is -2.36. The zero-order valence-electron chi connectivity index (χ0n) is 19.6. The van der Waals surface area contributed by atoms with Crippen LogP contribution in [0.15, 0.2) is 9.70 Å². The van der Waals surface area contributed by atoms with Crippen LogP contribution in [0.3, 0.4) is 0 Å². The Hall–Kier alpha value is -2.15. The highest BCUT2D eigenvalue weighted by molar-refractivity contribution is 8.26. The maximum atomic E-state index is 13.4. The fourth-order valence-corrected chi connectivity index (χ4v) is 6.44. The van der Waals surface area contributed by atoms with Crippen LogP contribution in [0.2, 0.25) is 0 Å². The summed E-state index contributed by atoms with van der Waals surface area (Å²) in [7, 11) is 2.09. The number of carbonyl (C=O) groups excluding carboxylic acids is 1. The Kier molecular flexibility index (Phi) is 7.27. The van der Waals surface area contributed by atoms with E-state index in [1.165, 1.54) is 18.2 Å². The van der Waals surface area contributed by atoms with Crippen molar-refractivity contribution in [2.45, 2.75) is 58.5 Å². The molecule has 0 aromatic carbocycles. The summed E-state index contributed by atoms with van der Waals surface area (Å²) in [4.78, 5) is 33.4. The van der Waals surface area contributed by atoms with Gasteiger partial charge in [0.1, 0.15) is 21.8 Å². The molecule has 3 heterocycles. The van der Waals surface area contributed by atoms with Crippen molar-refractivity contribution in [1.82, 2.24) is 14.4 Å². The highest BCUT2D eigenvalue weighted by Crippen LogP contribution is 2.39. The Bertz CT molecular complexity index is 1090. The summed E-state index contributed by atoms with van der Waals surface area (Å²) in [6, 6.07) is 2.28. The number of carbonyl (C=O) groups is 1. The number of hydrogen-bond donors (Lipinski definition) is 0. The first-order valence-corrected chi connectivity index (χ1v) is 13.0. The van der Waals surface area contributed by atoms with E-state index in [1.807, 2.05) is 19.9 Å². The molecule has 33 heavy (non-hydrogen) atoms. The standard InChI is InChI=1S/C24H31N5O2S2/c1-4-28-21(27-12-10-26(3)11-13-27)18(16(2)19(15-25)22(28)30)14-20-23(31)29(24(32)33-20)17-8-6-5-7-9-17/h14,17H,4-13H2,1-3H3. The third kappa shape index (κ3) is 4.48. The minimum Gasteiger partial charge on any atom is -0.355 e. The molecule has 1 saturated carbocycles. The van der Waals surface area contributed by atoms with Gasteiger partial charge in [0.2, 0.25) is 0 Å². The number of thioether (sulfide) groups is 1. The molecule has 2 saturated heterocycles. The van der Waals surface area contributed by atoms with Crippen LogP contribution in [-0.2, 0) is 11.3 Å². The minimum absolute atomic E-state index is 0.0478. The number of thiocarbonyl (C=S) groups is 1. The van der Waals surface area contributed by atoms with Crippen molar-refractivity contribution in [3.63, 3.8) is 0 Å². The first kappa shape index (κ1) is 24.0. The SMILES string of the molecule is CCn1c(N2CCN(C)CC2)c(C=C2SC(=S)N(C3CCCCC3)C2=O)c(C)c(C#N)c1=O. The van der Waals surface area contributed by atoms with E-state index in [-0.39, 0.29) is 23.1 Å². The summed E-state index contributed by atoms with van der Waals surface area (Å²) in [6.07, 6.45) is 7.32. The second-order valence-electron chi connectivity index (χ2n) is 9.03. The molecule has 0 radical (unpaired) electrons. The van der Waals surface area contributed by atoms with E-state index in [0.717, 1.165) is 63.2 Å². The summed E-state index contributed by atoms with van der Waals surface area (Å²) in [5, 5.41) is 9.74. The molecule has 1 aromatic heterocycles. The maximum Gasteiger partial charge on any atom is 0.270 e. The van der Waals surface area contributed by atoms with Gasteiger partial charge in [-0.05, 0) is 45.4 Å². The Balaban J connectivity index is 1.82. The number of rotatable bonds is 4. The van der Waals surface area contributed by atoms with Crippen LogP contribution in [0.1, 0.15) is 55.7 Å². The predicted molar refractivity (Wildman–Crippen MR) is 137 cm³/mol. The number of amides is 1. The van der Waals surface area contributed by atoms with Crippen molar-refractivity contribution < 1.29 is 4.79 Å². The maximum absolute atomic E-state index is 13.4. The predicted octanol–water partition coefficient (Wildman–Crippen LogP) is 3.33. The van der Waals surface area contributed by atoms with Gasteiger partial charge in [-0.1, -0.05) is 43.2 Å². The van der Waals surface area contributed by atoms with E-state index in [4.69, 9.17) is 12.2 Å². The monoisotopic (exact) mass is 485 g/mol. The van der Waals surface area contributed by atoms with Crippen molar-refractivity contribution in [2.24, 2.45) is 0 Å². The summed E-state index contributed by atoms with van der Waals surface area (Å²) in [6.45, 7) is 7.53. The molecule has 3 fully saturated rings. The summed E-state index contributed by atoms with van der Waals surface area (Å²) in [5.41, 5.74) is 1.29. The molecule has 176 valence electrons.